The Morgan fingerprint density at radius 1 is 1.03 bits per heavy atom. The number of hydrogen-bond donors (Lipinski definition) is 0. The van der Waals surface area contributed by atoms with Crippen molar-refractivity contribution in [3.05, 3.63) is 81.3 Å². The van der Waals surface area contributed by atoms with E-state index in [1.165, 1.54) is 12.1 Å². The molecule has 4 aromatic rings. The molecule has 0 bridgehead atoms. The zero-order valence-electron chi connectivity index (χ0n) is 15.5. The Bertz CT molecular complexity index is 1340. The van der Waals surface area contributed by atoms with Crippen LogP contribution in [0.3, 0.4) is 0 Å². The van der Waals surface area contributed by atoms with Gasteiger partial charge < -0.3 is 4.84 Å². The van der Waals surface area contributed by atoms with Crippen LogP contribution < -0.4 is 0 Å². The molecule has 1 aliphatic rings. The van der Waals surface area contributed by atoms with Gasteiger partial charge in [0, 0.05) is 5.39 Å². The third-order valence-electron chi connectivity index (χ3n) is 4.76. The van der Waals surface area contributed by atoms with E-state index in [4.69, 9.17) is 16.4 Å². The highest BCUT2D eigenvalue weighted by atomic mass is 35.5. The van der Waals surface area contributed by atoms with E-state index >= 15 is 0 Å². The summed E-state index contributed by atoms with van der Waals surface area (Å²) in [5.41, 5.74) is 1.80. The Morgan fingerprint density at radius 3 is 2.33 bits per heavy atom. The maximum atomic E-state index is 12.7. The number of aryl methyl sites for hydroxylation is 1. The second-order valence-corrected chi connectivity index (χ2v) is 8.04. The van der Waals surface area contributed by atoms with Crippen LogP contribution in [0.2, 0.25) is 5.02 Å². The molecule has 0 fully saturated rings. The van der Waals surface area contributed by atoms with Crippen LogP contribution in [-0.2, 0) is 4.84 Å². The van der Waals surface area contributed by atoms with Gasteiger partial charge in [-0.15, -0.1) is 11.3 Å². The molecule has 0 unspecified atom stereocenters. The maximum Gasteiger partial charge on any atom is 0.373 e. The van der Waals surface area contributed by atoms with Gasteiger partial charge in [0.15, 0.2) is 0 Å². The second kappa shape index (κ2) is 6.79. The van der Waals surface area contributed by atoms with E-state index in [-0.39, 0.29) is 16.0 Å². The number of benzene rings is 2. The van der Waals surface area contributed by atoms with Crippen molar-refractivity contribution in [2.75, 3.05) is 0 Å². The number of aromatic nitrogens is 2. The molecule has 2 aromatic carbocycles. The summed E-state index contributed by atoms with van der Waals surface area (Å²) in [7, 11) is 0. The quantitative estimate of drug-likeness (QED) is 0.443. The van der Waals surface area contributed by atoms with Crippen LogP contribution in [0.15, 0.2) is 54.6 Å². The van der Waals surface area contributed by atoms with E-state index in [2.05, 4.69) is 5.10 Å². The van der Waals surface area contributed by atoms with Crippen LogP contribution in [0, 0.1) is 6.92 Å². The van der Waals surface area contributed by atoms with Gasteiger partial charge in [0.2, 0.25) is 0 Å². The van der Waals surface area contributed by atoms with Crippen molar-refractivity contribution in [2.24, 2.45) is 0 Å². The number of carbonyl (C=O) groups excluding carboxylic acids is 3. The van der Waals surface area contributed by atoms with Crippen molar-refractivity contribution in [3.8, 4) is 5.69 Å². The topological polar surface area (TPSA) is 81.5 Å². The summed E-state index contributed by atoms with van der Waals surface area (Å²) in [6, 6.07) is 15.2. The molecule has 0 N–H and O–H groups in total. The fourth-order valence-corrected chi connectivity index (χ4v) is 4.58. The Kier molecular flexibility index (Phi) is 4.19. The number of halogens is 1. The summed E-state index contributed by atoms with van der Waals surface area (Å²) in [6.07, 6.45) is 0. The Hall–Kier alpha value is -3.49. The number of fused-ring (bicyclic) bond motifs is 2. The first-order chi connectivity index (χ1) is 14.5. The lowest BCUT2D eigenvalue weighted by molar-refractivity contribution is -0.0581. The fraction of sp³-hybridized carbons (Fsp3) is 0.0476. The van der Waals surface area contributed by atoms with Gasteiger partial charge >= 0.3 is 5.97 Å². The molecule has 9 heteroatoms. The molecule has 0 radical (unpaired) electrons. The van der Waals surface area contributed by atoms with Crippen molar-refractivity contribution in [2.45, 2.75) is 6.92 Å². The summed E-state index contributed by atoms with van der Waals surface area (Å²) in [5.74, 6) is -2.12. The number of para-hydroxylation sites is 1. The van der Waals surface area contributed by atoms with E-state index in [9.17, 15) is 14.4 Å². The molecule has 0 saturated heterocycles. The highest BCUT2D eigenvalue weighted by Gasteiger charge is 2.39. The van der Waals surface area contributed by atoms with Crippen molar-refractivity contribution < 1.29 is 19.2 Å². The van der Waals surface area contributed by atoms with Crippen LogP contribution in [0.5, 0.6) is 0 Å². The largest absolute Gasteiger partial charge is 0.373 e. The molecule has 5 rings (SSSR count). The molecule has 2 amide bonds. The molecular weight excluding hydrogens is 426 g/mol. The lowest BCUT2D eigenvalue weighted by atomic mass is 10.1. The molecule has 7 nitrogen and oxygen atoms in total. The predicted molar refractivity (Wildman–Crippen MR) is 111 cm³/mol. The lowest BCUT2D eigenvalue weighted by Gasteiger charge is -2.11. The van der Waals surface area contributed by atoms with Crippen LogP contribution >= 0.6 is 22.9 Å². The Balaban J connectivity index is 1.48. The van der Waals surface area contributed by atoms with Crippen molar-refractivity contribution in [3.63, 3.8) is 0 Å². The highest BCUT2D eigenvalue weighted by molar-refractivity contribution is 7.20. The van der Waals surface area contributed by atoms with Gasteiger partial charge in [0.25, 0.3) is 11.8 Å². The monoisotopic (exact) mass is 437 g/mol. The van der Waals surface area contributed by atoms with Crippen LogP contribution in [0.4, 0.5) is 0 Å². The summed E-state index contributed by atoms with van der Waals surface area (Å²) in [6.45, 7) is 1.82. The third kappa shape index (κ3) is 2.72. The number of hydroxylamine groups is 2. The number of carbonyl (C=O) groups is 3. The molecular formula is C21H12ClN3O4S. The summed E-state index contributed by atoms with van der Waals surface area (Å²) in [4.78, 5) is 43.7. The van der Waals surface area contributed by atoms with E-state index in [1.54, 1.807) is 28.9 Å². The normalized spacial score (nSPS) is 13.2. The van der Waals surface area contributed by atoms with E-state index < -0.39 is 17.8 Å². The number of imide groups is 1. The molecule has 2 aromatic heterocycles. The number of thiophene rings is 1. The van der Waals surface area contributed by atoms with Gasteiger partial charge in [0.1, 0.15) is 9.71 Å². The average molecular weight is 438 g/mol. The van der Waals surface area contributed by atoms with Gasteiger partial charge in [0.05, 0.1) is 27.5 Å². The fourth-order valence-electron chi connectivity index (χ4n) is 3.31. The summed E-state index contributed by atoms with van der Waals surface area (Å²) < 4.78 is 1.66. The average Bonchev–Trinajstić information content (AvgIpc) is 3.38. The minimum Gasteiger partial charge on any atom is -0.323 e. The summed E-state index contributed by atoms with van der Waals surface area (Å²) >= 11 is 7.44. The highest BCUT2D eigenvalue weighted by Crippen LogP contribution is 2.33. The molecule has 30 heavy (non-hydrogen) atoms. The van der Waals surface area contributed by atoms with Gasteiger partial charge in [-0.3, -0.25) is 9.59 Å². The molecule has 3 heterocycles. The first kappa shape index (κ1) is 18.5. The van der Waals surface area contributed by atoms with Gasteiger partial charge in [-0.05, 0) is 37.3 Å². The predicted octanol–water partition coefficient (Wildman–Crippen LogP) is 4.42. The van der Waals surface area contributed by atoms with Crippen molar-refractivity contribution in [1.82, 2.24) is 14.8 Å². The smallest absolute Gasteiger partial charge is 0.323 e. The molecule has 0 aliphatic carbocycles. The van der Waals surface area contributed by atoms with Crippen LogP contribution in [0.1, 0.15) is 36.1 Å². The summed E-state index contributed by atoms with van der Waals surface area (Å²) in [5, 5.41) is 6.29. The van der Waals surface area contributed by atoms with Crippen molar-refractivity contribution >= 4 is 50.9 Å². The first-order valence-corrected chi connectivity index (χ1v) is 10.1. The number of amides is 2. The van der Waals surface area contributed by atoms with Crippen LogP contribution in [0.25, 0.3) is 15.9 Å². The zero-order valence-corrected chi connectivity index (χ0v) is 17.0. The number of hydrogen-bond acceptors (Lipinski definition) is 6. The maximum absolute atomic E-state index is 12.7. The number of rotatable bonds is 3. The van der Waals surface area contributed by atoms with E-state index in [1.807, 2.05) is 25.1 Å². The Morgan fingerprint density at radius 2 is 1.67 bits per heavy atom. The molecule has 0 atom stereocenters. The standard InChI is InChI=1S/C21H12ClN3O4S/c1-11-14-10-17(30-20(14)24(23-11)16-9-5-4-8-15(16)22)21(28)29-25-18(26)12-6-2-3-7-13(12)19(25)27/h2-10H,1H3. The molecule has 0 spiro atoms. The molecule has 148 valence electrons. The van der Waals surface area contributed by atoms with Gasteiger partial charge in [-0.25, -0.2) is 9.48 Å². The first-order valence-electron chi connectivity index (χ1n) is 8.90. The lowest BCUT2D eigenvalue weighted by Crippen LogP contribution is -2.32. The SMILES string of the molecule is Cc1nn(-c2ccccc2Cl)c2sc(C(=O)ON3C(=O)c4ccccc4C3=O)cc12. The number of nitrogens with zero attached hydrogens (tertiary/aromatic N) is 3. The van der Waals surface area contributed by atoms with Gasteiger partial charge in [-0.1, -0.05) is 40.9 Å². The van der Waals surface area contributed by atoms with Crippen molar-refractivity contribution in [1.29, 1.82) is 0 Å². The van der Waals surface area contributed by atoms with E-state index in [0.29, 0.717) is 26.3 Å². The molecule has 1 aliphatic heterocycles. The molecule has 0 saturated carbocycles. The zero-order chi connectivity index (χ0) is 21.0. The second-order valence-electron chi connectivity index (χ2n) is 6.61. The van der Waals surface area contributed by atoms with E-state index in [0.717, 1.165) is 16.7 Å². The minimum atomic E-state index is -0.796. The Labute approximate surface area is 179 Å². The third-order valence-corrected chi connectivity index (χ3v) is 6.17. The minimum absolute atomic E-state index is 0.205. The van der Waals surface area contributed by atoms with Gasteiger partial charge in [-0.2, -0.15) is 5.10 Å². The van der Waals surface area contributed by atoms with Crippen LogP contribution in [-0.4, -0.2) is 32.6 Å².